The van der Waals surface area contributed by atoms with Crippen LogP contribution in [-0.4, -0.2) is 34.9 Å². The molecule has 6 heteroatoms. The van der Waals surface area contributed by atoms with Gasteiger partial charge in [0.2, 0.25) is 5.95 Å². The summed E-state index contributed by atoms with van der Waals surface area (Å²) in [5.74, 6) is 2.07. The topological polar surface area (TPSA) is 61.2 Å². The first-order valence-corrected chi connectivity index (χ1v) is 10.6. The van der Waals surface area contributed by atoms with Gasteiger partial charge in [0.15, 0.2) is 0 Å². The predicted octanol–water partition coefficient (Wildman–Crippen LogP) is 5.21. The summed E-state index contributed by atoms with van der Waals surface area (Å²) >= 11 is 0. The van der Waals surface area contributed by atoms with Crippen LogP contribution in [0.4, 0.5) is 5.82 Å². The summed E-state index contributed by atoms with van der Waals surface area (Å²) in [6.45, 7) is 1.62. The van der Waals surface area contributed by atoms with Gasteiger partial charge in [0, 0.05) is 30.6 Å². The van der Waals surface area contributed by atoms with Gasteiger partial charge >= 0.3 is 0 Å². The average Bonchev–Trinajstić information content (AvgIpc) is 3.28. The van der Waals surface area contributed by atoms with Crippen molar-refractivity contribution in [2.45, 2.75) is 6.54 Å². The molecule has 0 saturated carbocycles. The lowest BCUT2D eigenvalue weighted by atomic mass is 10.2. The van der Waals surface area contributed by atoms with Crippen LogP contribution in [0.15, 0.2) is 85.1 Å². The number of nitrogens with zero attached hydrogens (tertiary/aromatic N) is 3. The molecule has 6 nitrogen and oxygen atoms in total. The van der Waals surface area contributed by atoms with Gasteiger partial charge in [-0.2, -0.15) is 4.98 Å². The monoisotopic (exact) mass is 424 g/mol. The van der Waals surface area contributed by atoms with Crippen LogP contribution in [0, 0.1) is 0 Å². The van der Waals surface area contributed by atoms with Gasteiger partial charge in [0.25, 0.3) is 0 Å². The van der Waals surface area contributed by atoms with Crippen molar-refractivity contribution < 1.29 is 9.47 Å². The largest absolute Gasteiger partial charge is 0.489 e. The van der Waals surface area contributed by atoms with Gasteiger partial charge in [-0.1, -0.05) is 54.6 Å². The number of ether oxygens (including phenoxy) is 2. The molecular weight excluding hydrogens is 400 g/mol. The standard InChI is InChI=1S/C26H24N4O2/c1-31-16-17-32-23-13-7-11-21-24(23)28-26(30-15-14-20-10-5-6-12-22(20)30)29-25(21)27-18-19-8-3-2-4-9-19/h2-15H,16-18H2,1H3,(H,27,28,29). The molecular formula is C26H24N4O2. The van der Waals surface area contributed by atoms with Crippen LogP contribution < -0.4 is 10.1 Å². The van der Waals surface area contributed by atoms with Gasteiger partial charge in [-0.15, -0.1) is 0 Å². The Morgan fingerprint density at radius 2 is 1.69 bits per heavy atom. The fraction of sp³-hybridized carbons (Fsp3) is 0.154. The number of rotatable bonds is 8. The van der Waals surface area contributed by atoms with Gasteiger partial charge in [0.05, 0.1) is 12.1 Å². The van der Waals surface area contributed by atoms with Crippen LogP contribution in [0.2, 0.25) is 0 Å². The molecule has 0 aliphatic carbocycles. The van der Waals surface area contributed by atoms with Crippen molar-refractivity contribution in [2.75, 3.05) is 25.6 Å². The number of methoxy groups -OCH3 is 1. The molecule has 0 fully saturated rings. The second kappa shape index (κ2) is 9.08. The molecule has 0 spiro atoms. The molecule has 0 atom stereocenters. The minimum absolute atomic E-state index is 0.453. The lowest BCUT2D eigenvalue weighted by Gasteiger charge is -2.14. The first-order valence-electron chi connectivity index (χ1n) is 10.6. The summed E-state index contributed by atoms with van der Waals surface area (Å²) in [4.78, 5) is 9.81. The van der Waals surface area contributed by atoms with Crippen LogP contribution in [-0.2, 0) is 11.3 Å². The van der Waals surface area contributed by atoms with Crippen molar-refractivity contribution >= 4 is 27.6 Å². The Bertz CT molecular complexity index is 1350. The molecule has 0 radical (unpaired) electrons. The molecule has 32 heavy (non-hydrogen) atoms. The van der Waals surface area contributed by atoms with Crippen molar-refractivity contribution in [2.24, 2.45) is 0 Å². The Labute approximate surface area is 186 Å². The highest BCUT2D eigenvalue weighted by molar-refractivity contribution is 5.94. The lowest BCUT2D eigenvalue weighted by molar-refractivity contribution is 0.147. The molecule has 0 unspecified atom stereocenters. The van der Waals surface area contributed by atoms with Gasteiger partial charge in [-0.3, -0.25) is 4.57 Å². The lowest BCUT2D eigenvalue weighted by Crippen LogP contribution is -2.09. The third-order valence-corrected chi connectivity index (χ3v) is 5.34. The molecule has 3 aromatic carbocycles. The normalized spacial score (nSPS) is 11.2. The van der Waals surface area contributed by atoms with Gasteiger partial charge < -0.3 is 14.8 Å². The summed E-state index contributed by atoms with van der Waals surface area (Å²) in [6.07, 6.45) is 2.00. The van der Waals surface area contributed by atoms with Crippen LogP contribution in [0.5, 0.6) is 5.75 Å². The van der Waals surface area contributed by atoms with E-state index in [1.807, 2.05) is 59.3 Å². The molecule has 0 amide bonds. The van der Waals surface area contributed by atoms with E-state index in [1.54, 1.807) is 7.11 Å². The molecule has 2 heterocycles. The van der Waals surface area contributed by atoms with Crippen molar-refractivity contribution in [3.63, 3.8) is 0 Å². The summed E-state index contributed by atoms with van der Waals surface area (Å²) in [6, 6.07) is 26.5. The second-order valence-electron chi connectivity index (χ2n) is 7.45. The fourth-order valence-electron chi connectivity index (χ4n) is 3.75. The van der Waals surface area contributed by atoms with E-state index in [2.05, 4.69) is 35.6 Å². The van der Waals surface area contributed by atoms with E-state index in [0.29, 0.717) is 31.5 Å². The zero-order chi connectivity index (χ0) is 21.8. The van der Waals surface area contributed by atoms with Gasteiger partial charge in [-0.05, 0) is 29.8 Å². The number of fused-ring (bicyclic) bond motifs is 2. The Morgan fingerprint density at radius 3 is 2.56 bits per heavy atom. The molecule has 0 aliphatic heterocycles. The van der Waals surface area contributed by atoms with Crippen molar-refractivity contribution in [3.8, 4) is 11.7 Å². The van der Waals surface area contributed by atoms with Crippen molar-refractivity contribution in [1.29, 1.82) is 0 Å². The van der Waals surface area contributed by atoms with E-state index in [9.17, 15) is 0 Å². The van der Waals surface area contributed by atoms with Crippen molar-refractivity contribution in [3.05, 3.63) is 90.6 Å². The summed E-state index contributed by atoms with van der Waals surface area (Å²) in [7, 11) is 1.66. The Kier molecular flexibility index (Phi) is 5.68. The number of para-hydroxylation sites is 2. The van der Waals surface area contributed by atoms with Gasteiger partial charge in [0.1, 0.15) is 23.7 Å². The Hall–Kier alpha value is -3.90. The third kappa shape index (κ3) is 4.00. The molecule has 0 bridgehead atoms. The highest BCUT2D eigenvalue weighted by Crippen LogP contribution is 2.30. The van der Waals surface area contributed by atoms with E-state index in [0.717, 1.165) is 27.6 Å². The third-order valence-electron chi connectivity index (χ3n) is 5.34. The number of aromatic nitrogens is 3. The van der Waals surface area contributed by atoms with E-state index >= 15 is 0 Å². The number of benzene rings is 3. The van der Waals surface area contributed by atoms with E-state index < -0.39 is 0 Å². The molecule has 5 rings (SSSR count). The van der Waals surface area contributed by atoms with Gasteiger partial charge in [-0.25, -0.2) is 4.98 Å². The summed E-state index contributed by atoms with van der Waals surface area (Å²) in [5.41, 5.74) is 3.00. The minimum Gasteiger partial charge on any atom is -0.489 e. The SMILES string of the molecule is COCCOc1cccc2c(NCc3ccccc3)nc(-n3ccc4ccccc43)nc12. The van der Waals surface area contributed by atoms with Crippen LogP contribution >= 0.6 is 0 Å². The molecule has 0 aliphatic rings. The summed E-state index contributed by atoms with van der Waals surface area (Å²) in [5, 5.41) is 5.56. The average molecular weight is 425 g/mol. The highest BCUT2D eigenvalue weighted by Gasteiger charge is 2.14. The minimum atomic E-state index is 0.453. The summed E-state index contributed by atoms with van der Waals surface area (Å²) < 4.78 is 13.1. The Morgan fingerprint density at radius 1 is 0.844 bits per heavy atom. The van der Waals surface area contributed by atoms with Crippen molar-refractivity contribution in [1.82, 2.24) is 14.5 Å². The predicted molar refractivity (Wildman–Crippen MR) is 128 cm³/mol. The highest BCUT2D eigenvalue weighted by atomic mass is 16.5. The smallest absolute Gasteiger partial charge is 0.236 e. The fourth-order valence-corrected chi connectivity index (χ4v) is 3.75. The number of nitrogens with one attached hydrogen (secondary N) is 1. The maximum Gasteiger partial charge on any atom is 0.236 e. The zero-order valence-electron chi connectivity index (χ0n) is 17.9. The van der Waals surface area contributed by atoms with E-state index in [4.69, 9.17) is 19.4 Å². The van der Waals surface area contributed by atoms with Crippen LogP contribution in [0.25, 0.3) is 27.8 Å². The molecule has 2 aromatic heterocycles. The van der Waals surface area contributed by atoms with E-state index in [1.165, 1.54) is 5.56 Å². The number of hydrogen-bond acceptors (Lipinski definition) is 5. The quantitative estimate of drug-likeness (QED) is 0.347. The zero-order valence-corrected chi connectivity index (χ0v) is 17.9. The second-order valence-corrected chi connectivity index (χ2v) is 7.45. The molecule has 160 valence electrons. The number of hydrogen-bond donors (Lipinski definition) is 1. The molecule has 5 aromatic rings. The number of anilines is 1. The van der Waals surface area contributed by atoms with Crippen LogP contribution in [0.1, 0.15) is 5.56 Å². The molecule has 1 N–H and O–H groups in total. The van der Waals surface area contributed by atoms with E-state index in [-0.39, 0.29) is 0 Å². The molecule has 0 saturated heterocycles. The Balaban J connectivity index is 1.62. The first kappa shape index (κ1) is 20.0. The van der Waals surface area contributed by atoms with Crippen LogP contribution in [0.3, 0.4) is 0 Å². The first-order chi connectivity index (χ1) is 15.8. The maximum atomic E-state index is 5.98. The maximum absolute atomic E-state index is 5.98.